The van der Waals surface area contributed by atoms with E-state index in [1.54, 1.807) is 0 Å². The summed E-state index contributed by atoms with van der Waals surface area (Å²) in [6.07, 6.45) is 1.40. The van der Waals surface area contributed by atoms with E-state index in [1.807, 2.05) is 0 Å². The summed E-state index contributed by atoms with van der Waals surface area (Å²) in [5, 5.41) is 12.1. The van der Waals surface area contributed by atoms with Crippen LogP contribution in [-0.2, 0) is 0 Å². The van der Waals surface area contributed by atoms with E-state index in [2.05, 4.69) is 20.6 Å². The Kier molecular flexibility index (Phi) is 4.23. The minimum Gasteiger partial charge on any atom is -0.246 e. The van der Waals surface area contributed by atoms with Crippen LogP contribution in [0.2, 0.25) is 0 Å². The first-order chi connectivity index (χ1) is 2.50. The number of tetrazole rings is 1. The Hall–Kier alpha value is 0.641. The molecule has 0 aliphatic carbocycles. The largest absolute Gasteiger partial charge is 0.246 e. The van der Waals surface area contributed by atoms with Gasteiger partial charge in [-0.1, -0.05) is 0 Å². The average Bonchev–Trinajstić information content (AvgIpc) is 1.76. The van der Waals surface area contributed by atoms with Crippen molar-refractivity contribution in [1.29, 1.82) is 0 Å². The standard InChI is InChI=1S/CH2N4.Ba.2H/c1-2-4-5-3-1;;;/h1H,(H,2,3,4,5);;;. The van der Waals surface area contributed by atoms with Gasteiger partial charge in [0.2, 0.25) is 0 Å². The Morgan fingerprint density at radius 1 is 1.50 bits per heavy atom. The Morgan fingerprint density at radius 2 is 2.33 bits per heavy atom. The fraction of sp³-hybridized carbons (Fsp3) is 0. The first-order valence-corrected chi connectivity index (χ1v) is 1.17. The van der Waals surface area contributed by atoms with Crippen LogP contribution >= 0.6 is 0 Å². The van der Waals surface area contributed by atoms with Crippen LogP contribution in [0.15, 0.2) is 6.33 Å². The molecule has 1 aromatic heterocycles. The maximum absolute atomic E-state index is 3.31. The minimum atomic E-state index is 0. The number of aromatic nitrogens is 4. The second-order valence-electron chi connectivity index (χ2n) is 0.563. The molecule has 1 N–H and O–H groups in total. The molecule has 1 rings (SSSR count). The van der Waals surface area contributed by atoms with Gasteiger partial charge in [0.25, 0.3) is 0 Å². The van der Waals surface area contributed by atoms with Gasteiger partial charge in [0, 0.05) is 0 Å². The zero-order valence-electron chi connectivity index (χ0n) is 2.42. The van der Waals surface area contributed by atoms with E-state index < -0.39 is 0 Å². The van der Waals surface area contributed by atoms with Crippen molar-refractivity contribution in [2.75, 3.05) is 0 Å². The van der Waals surface area contributed by atoms with E-state index in [0.717, 1.165) is 0 Å². The van der Waals surface area contributed by atoms with E-state index in [1.165, 1.54) is 6.33 Å². The Balaban J connectivity index is 0.000000250. The van der Waals surface area contributed by atoms with Gasteiger partial charge in [-0.25, -0.2) is 5.10 Å². The molecule has 0 atom stereocenters. The van der Waals surface area contributed by atoms with Gasteiger partial charge in [0.15, 0.2) is 0 Å². The van der Waals surface area contributed by atoms with Gasteiger partial charge in [-0.2, -0.15) is 0 Å². The van der Waals surface area contributed by atoms with Crippen LogP contribution in [0.5, 0.6) is 0 Å². The SMILES string of the molecule is [BaH2].c1nnn[nH]1. The van der Waals surface area contributed by atoms with Crippen molar-refractivity contribution >= 4 is 48.9 Å². The zero-order chi connectivity index (χ0) is 3.54. The van der Waals surface area contributed by atoms with Gasteiger partial charge >= 0.3 is 48.9 Å². The molecule has 0 aliphatic heterocycles. The predicted octanol–water partition coefficient (Wildman–Crippen LogP) is -1.72. The Labute approximate surface area is 74.8 Å². The normalized spacial score (nSPS) is 6.67. The van der Waals surface area contributed by atoms with Gasteiger partial charge in [0.1, 0.15) is 6.33 Å². The maximum Gasteiger partial charge on any atom is 0.135 e. The summed E-state index contributed by atoms with van der Waals surface area (Å²) in [4.78, 5) is 0. The summed E-state index contributed by atoms with van der Waals surface area (Å²) in [7, 11) is 0. The molecular formula is CH4BaN4. The third kappa shape index (κ3) is 1.93. The van der Waals surface area contributed by atoms with Crippen LogP contribution in [0.4, 0.5) is 0 Å². The van der Waals surface area contributed by atoms with Crippen LogP contribution in [-0.4, -0.2) is 69.5 Å². The summed E-state index contributed by atoms with van der Waals surface area (Å²) in [5.41, 5.74) is 0. The zero-order valence-corrected chi connectivity index (χ0v) is 2.42. The van der Waals surface area contributed by atoms with Crippen LogP contribution in [0.1, 0.15) is 0 Å². The molecule has 0 aromatic carbocycles. The number of nitrogens with one attached hydrogen (secondary N) is 1. The third-order valence-corrected chi connectivity index (χ3v) is 0.270. The molecule has 5 heteroatoms. The number of H-pyrrole nitrogens is 1. The van der Waals surface area contributed by atoms with Gasteiger partial charge in [0.05, 0.1) is 0 Å². The molecule has 0 spiro atoms. The molecule has 1 aromatic rings. The van der Waals surface area contributed by atoms with E-state index in [0.29, 0.717) is 0 Å². The number of aromatic amines is 1. The molecule has 30 valence electrons. The van der Waals surface area contributed by atoms with Crippen molar-refractivity contribution in [2.45, 2.75) is 0 Å². The van der Waals surface area contributed by atoms with Crippen molar-refractivity contribution in [1.82, 2.24) is 20.6 Å². The molecule has 0 amide bonds. The first kappa shape index (κ1) is 6.64. The van der Waals surface area contributed by atoms with Crippen LogP contribution in [0, 0.1) is 0 Å². The molecule has 6 heavy (non-hydrogen) atoms. The first-order valence-electron chi connectivity index (χ1n) is 1.17. The summed E-state index contributed by atoms with van der Waals surface area (Å²) in [6.45, 7) is 0. The average molecular weight is 209 g/mol. The van der Waals surface area contributed by atoms with Crippen molar-refractivity contribution < 1.29 is 0 Å². The van der Waals surface area contributed by atoms with Gasteiger partial charge < -0.3 is 0 Å². The number of nitrogens with zero attached hydrogens (tertiary/aromatic N) is 3. The third-order valence-electron chi connectivity index (χ3n) is 0.270. The van der Waals surface area contributed by atoms with E-state index in [9.17, 15) is 0 Å². The smallest absolute Gasteiger partial charge is 0.135 e. The van der Waals surface area contributed by atoms with Crippen molar-refractivity contribution in [3.8, 4) is 0 Å². The predicted molar refractivity (Wildman–Crippen MR) is 22.7 cm³/mol. The van der Waals surface area contributed by atoms with Gasteiger partial charge in [-0.15, -0.1) is 5.10 Å². The number of rotatable bonds is 0. The molecule has 0 unspecified atom stereocenters. The quantitative estimate of drug-likeness (QED) is 0.517. The Bertz CT molecular complexity index is 64.0. The minimum absolute atomic E-state index is 0. The molecule has 4 nitrogen and oxygen atoms in total. The van der Waals surface area contributed by atoms with Crippen LogP contribution < -0.4 is 0 Å². The van der Waals surface area contributed by atoms with E-state index in [-0.39, 0.29) is 48.9 Å². The second-order valence-corrected chi connectivity index (χ2v) is 0.563. The van der Waals surface area contributed by atoms with Crippen molar-refractivity contribution in [3.05, 3.63) is 6.33 Å². The summed E-state index contributed by atoms with van der Waals surface area (Å²) < 4.78 is 0. The topological polar surface area (TPSA) is 54.5 Å². The van der Waals surface area contributed by atoms with Crippen molar-refractivity contribution in [3.63, 3.8) is 0 Å². The molecular weight excluding hydrogens is 205 g/mol. The molecule has 0 saturated heterocycles. The van der Waals surface area contributed by atoms with E-state index in [4.69, 9.17) is 0 Å². The fourth-order valence-electron chi connectivity index (χ4n) is 0.129. The summed E-state index contributed by atoms with van der Waals surface area (Å²) in [6, 6.07) is 0. The number of hydrogen-bond donors (Lipinski definition) is 1. The maximum atomic E-state index is 3.31. The molecule has 0 aliphatic rings. The van der Waals surface area contributed by atoms with Crippen LogP contribution in [0.25, 0.3) is 0 Å². The molecule has 0 radical (unpaired) electrons. The fourth-order valence-corrected chi connectivity index (χ4v) is 0.129. The summed E-state index contributed by atoms with van der Waals surface area (Å²) >= 11 is 0. The molecule has 0 fully saturated rings. The number of hydrogen-bond acceptors (Lipinski definition) is 3. The monoisotopic (exact) mass is 210 g/mol. The molecule has 1 heterocycles. The van der Waals surface area contributed by atoms with Crippen molar-refractivity contribution in [2.24, 2.45) is 0 Å². The summed E-state index contributed by atoms with van der Waals surface area (Å²) in [5.74, 6) is 0. The van der Waals surface area contributed by atoms with Crippen LogP contribution in [0.3, 0.4) is 0 Å². The second kappa shape index (κ2) is 3.82. The van der Waals surface area contributed by atoms with Gasteiger partial charge in [-0.05, 0) is 10.4 Å². The van der Waals surface area contributed by atoms with Gasteiger partial charge in [-0.3, -0.25) is 0 Å². The molecule has 0 bridgehead atoms. The van der Waals surface area contributed by atoms with E-state index >= 15 is 0 Å². The molecule has 0 saturated carbocycles. The Morgan fingerprint density at radius 3 is 2.50 bits per heavy atom.